The molecule has 0 saturated heterocycles. The van der Waals surface area contributed by atoms with Crippen molar-refractivity contribution in [3.63, 3.8) is 0 Å². The fraction of sp³-hybridized carbons (Fsp3) is 0.130. The van der Waals surface area contributed by atoms with Crippen LogP contribution >= 0.6 is 0 Å². The lowest BCUT2D eigenvalue weighted by Crippen LogP contribution is -2.30. The molecule has 0 fully saturated rings. The number of amides is 4. The van der Waals surface area contributed by atoms with E-state index in [0.717, 1.165) is 20.9 Å². The van der Waals surface area contributed by atoms with Crippen LogP contribution in [0.5, 0.6) is 11.5 Å². The Hall–Kier alpha value is -4.20. The van der Waals surface area contributed by atoms with E-state index in [-0.39, 0.29) is 0 Å². The van der Waals surface area contributed by atoms with Crippen LogP contribution in [0.2, 0.25) is 0 Å². The van der Waals surface area contributed by atoms with Crippen molar-refractivity contribution < 1.29 is 28.7 Å². The third kappa shape index (κ3) is 3.59. The third-order valence-corrected chi connectivity index (χ3v) is 5.00. The molecular weight excluding hydrogens is 400 g/mol. The van der Waals surface area contributed by atoms with E-state index in [2.05, 4.69) is 0 Å². The summed E-state index contributed by atoms with van der Waals surface area (Å²) in [6, 6.07) is 10.4. The van der Waals surface area contributed by atoms with Crippen molar-refractivity contribution in [2.24, 2.45) is 0 Å². The van der Waals surface area contributed by atoms with E-state index in [1.807, 2.05) is 0 Å². The second kappa shape index (κ2) is 7.91. The number of anilines is 2. The van der Waals surface area contributed by atoms with Crippen LogP contribution in [0.15, 0.2) is 60.7 Å². The molecule has 0 aromatic heterocycles. The smallest absolute Gasteiger partial charge is 0.258 e. The number of carbonyl (C=O) groups is 4. The molecule has 0 bridgehead atoms. The lowest BCUT2D eigenvalue weighted by molar-refractivity contribution is -0.121. The van der Waals surface area contributed by atoms with Gasteiger partial charge < -0.3 is 9.47 Å². The highest BCUT2D eigenvalue weighted by Crippen LogP contribution is 2.34. The molecule has 31 heavy (non-hydrogen) atoms. The average molecular weight is 418 g/mol. The van der Waals surface area contributed by atoms with E-state index in [4.69, 9.17) is 9.47 Å². The Morgan fingerprint density at radius 3 is 1.29 bits per heavy atom. The van der Waals surface area contributed by atoms with Gasteiger partial charge in [0, 0.05) is 24.3 Å². The molecule has 0 saturated carbocycles. The van der Waals surface area contributed by atoms with Crippen LogP contribution in [0.3, 0.4) is 0 Å². The van der Waals surface area contributed by atoms with Gasteiger partial charge in [-0.25, -0.2) is 9.80 Å². The van der Waals surface area contributed by atoms with Gasteiger partial charge in [-0.1, -0.05) is 12.1 Å². The monoisotopic (exact) mass is 418 g/mol. The van der Waals surface area contributed by atoms with Gasteiger partial charge in [0.15, 0.2) is 0 Å². The number of rotatable bonds is 6. The Morgan fingerprint density at radius 1 is 0.613 bits per heavy atom. The summed E-state index contributed by atoms with van der Waals surface area (Å²) in [6.45, 7) is 0. The fourth-order valence-corrected chi connectivity index (χ4v) is 3.54. The summed E-state index contributed by atoms with van der Waals surface area (Å²) in [4.78, 5) is 50.0. The predicted molar refractivity (Wildman–Crippen MR) is 112 cm³/mol. The molecule has 2 aromatic carbocycles. The van der Waals surface area contributed by atoms with Gasteiger partial charge in [-0.05, 0) is 41.8 Å². The van der Waals surface area contributed by atoms with Gasteiger partial charge >= 0.3 is 0 Å². The van der Waals surface area contributed by atoms with Gasteiger partial charge in [0.05, 0.1) is 25.6 Å². The standard InChI is InChI=1S/C23H18N2O6/c1-30-18-12-14(3-5-16(18)24-20(26)7-8-21(24)27)11-15-4-6-17(19(13-15)31-2)25-22(28)9-10-23(25)29/h3-10,12-13H,11H2,1-2H3. The number of carbonyl (C=O) groups excluding carboxylic acids is 4. The largest absolute Gasteiger partial charge is 0.495 e. The summed E-state index contributed by atoms with van der Waals surface area (Å²) in [6.07, 6.45) is 5.36. The molecule has 0 spiro atoms. The molecule has 0 unspecified atom stereocenters. The van der Waals surface area contributed by atoms with E-state index >= 15 is 0 Å². The van der Waals surface area contributed by atoms with Crippen molar-refractivity contribution in [2.45, 2.75) is 6.42 Å². The minimum Gasteiger partial charge on any atom is -0.495 e. The number of imide groups is 2. The summed E-state index contributed by atoms with van der Waals surface area (Å²) in [5, 5.41) is 0. The van der Waals surface area contributed by atoms with Crippen LogP contribution in [0.25, 0.3) is 0 Å². The average Bonchev–Trinajstić information content (AvgIpc) is 3.28. The van der Waals surface area contributed by atoms with Crippen molar-refractivity contribution in [1.82, 2.24) is 0 Å². The quantitative estimate of drug-likeness (QED) is 0.668. The lowest BCUT2D eigenvalue weighted by atomic mass is 10.0. The summed E-state index contributed by atoms with van der Waals surface area (Å²) in [7, 11) is 2.94. The van der Waals surface area contributed by atoms with Crippen LogP contribution in [0.1, 0.15) is 11.1 Å². The van der Waals surface area contributed by atoms with Crippen LogP contribution in [-0.2, 0) is 25.6 Å². The van der Waals surface area contributed by atoms with E-state index in [0.29, 0.717) is 29.3 Å². The SMILES string of the molecule is COc1cc(Cc2ccc(N3C(=O)C=CC3=O)c(OC)c2)ccc1N1C(=O)C=CC1=O. The topological polar surface area (TPSA) is 93.2 Å². The first-order valence-corrected chi connectivity index (χ1v) is 9.39. The molecule has 156 valence electrons. The summed E-state index contributed by atoms with van der Waals surface area (Å²) in [5.74, 6) is -0.890. The number of nitrogens with zero attached hydrogens (tertiary/aromatic N) is 2. The van der Waals surface area contributed by atoms with Crippen molar-refractivity contribution in [2.75, 3.05) is 24.0 Å². The highest BCUT2D eigenvalue weighted by Gasteiger charge is 2.29. The van der Waals surface area contributed by atoms with Crippen LogP contribution < -0.4 is 19.3 Å². The van der Waals surface area contributed by atoms with Gasteiger partial charge in [0.2, 0.25) is 0 Å². The molecule has 8 heteroatoms. The molecular formula is C23H18N2O6. The molecule has 2 aromatic rings. The normalized spacial score (nSPS) is 15.4. The van der Waals surface area contributed by atoms with Crippen LogP contribution in [-0.4, -0.2) is 37.8 Å². The predicted octanol–water partition coefficient (Wildman–Crippen LogP) is 2.15. The number of benzene rings is 2. The molecule has 2 heterocycles. The van der Waals surface area contributed by atoms with Gasteiger partial charge in [0.1, 0.15) is 11.5 Å². The molecule has 2 aliphatic rings. The highest BCUT2D eigenvalue weighted by atomic mass is 16.5. The summed E-state index contributed by atoms with van der Waals surface area (Å²) in [5.41, 5.74) is 2.49. The molecule has 4 amide bonds. The summed E-state index contributed by atoms with van der Waals surface area (Å²) >= 11 is 0. The number of ether oxygens (including phenoxy) is 2. The van der Waals surface area contributed by atoms with E-state index in [9.17, 15) is 19.2 Å². The van der Waals surface area contributed by atoms with Crippen LogP contribution in [0.4, 0.5) is 11.4 Å². The van der Waals surface area contributed by atoms with Crippen molar-refractivity contribution >= 4 is 35.0 Å². The number of hydrogen-bond donors (Lipinski definition) is 0. The second-order valence-corrected chi connectivity index (χ2v) is 6.88. The third-order valence-electron chi connectivity index (χ3n) is 5.00. The maximum Gasteiger partial charge on any atom is 0.258 e. The molecule has 0 aliphatic carbocycles. The van der Waals surface area contributed by atoms with Crippen molar-refractivity contribution in [3.05, 3.63) is 71.8 Å². The Kier molecular flexibility index (Phi) is 5.12. The van der Waals surface area contributed by atoms with E-state index < -0.39 is 23.6 Å². The minimum absolute atomic E-state index is 0.373. The van der Waals surface area contributed by atoms with E-state index in [1.165, 1.54) is 38.5 Å². The first-order chi connectivity index (χ1) is 14.9. The maximum atomic E-state index is 12.0. The molecule has 8 nitrogen and oxygen atoms in total. The Bertz CT molecular complexity index is 1050. The minimum atomic E-state index is -0.420. The summed E-state index contributed by atoms with van der Waals surface area (Å²) < 4.78 is 10.8. The van der Waals surface area contributed by atoms with E-state index in [1.54, 1.807) is 36.4 Å². The first kappa shape index (κ1) is 20.1. The number of hydrogen-bond acceptors (Lipinski definition) is 6. The Morgan fingerprint density at radius 2 is 0.968 bits per heavy atom. The second-order valence-electron chi connectivity index (χ2n) is 6.88. The zero-order valence-electron chi connectivity index (χ0n) is 16.8. The van der Waals surface area contributed by atoms with Gasteiger partial charge in [-0.3, -0.25) is 19.2 Å². The van der Waals surface area contributed by atoms with Crippen molar-refractivity contribution in [1.29, 1.82) is 0 Å². The van der Waals surface area contributed by atoms with Crippen molar-refractivity contribution in [3.8, 4) is 11.5 Å². The molecule has 4 rings (SSSR count). The number of methoxy groups -OCH3 is 2. The zero-order valence-corrected chi connectivity index (χ0v) is 16.8. The molecule has 0 atom stereocenters. The fourth-order valence-electron chi connectivity index (χ4n) is 3.54. The molecule has 0 radical (unpaired) electrons. The van der Waals surface area contributed by atoms with Gasteiger partial charge in [-0.2, -0.15) is 0 Å². The molecule has 2 aliphatic heterocycles. The highest BCUT2D eigenvalue weighted by molar-refractivity contribution is 6.29. The molecule has 0 N–H and O–H groups in total. The van der Waals surface area contributed by atoms with Crippen LogP contribution in [0, 0.1) is 0 Å². The van der Waals surface area contributed by atoms with Gasteiger partial charge in [-0.15, -0.1) is 0 Å². The first-order valence-electron chi connectivity index (χ1n) is 9.39. The Balaban J connectivity index is 1.61. The van der Waals surface area contributed by atoms with Gasteiger partial charge in [0.25, 0.3) is 23.6 Å². The lowest BCUT2D eigenvalue weighted by Gasteiger charge is -2.19. The Labute approximate surface area is 178 Å². The zero-order chi connectivity index (χ0) is 22.1. The maximum absolute atomic E-state index is 12.0.